The first-order chi connectivity index (χ1) is 69.8. The molecule has 850 valence electrons. The molecule has 0 saturated carbocycles. The molecule has 28 N–H and O–H groups in total. The lowest BCUT2D eigenvalue weighted by Crippen LogP contribution is -2.72. The lowest BCUT2D eigenvalue weighted by molar-refractivity contribution is -0.398. The maximum atomic E-state index is 13.7. The van der Waals surface area contributed by atoms with Crippen molar-refractivity contribution in [2.24, 2.45) is 0 Å². The van der Waals surface area contributed by atoms with Gasteiger partial charge in [-0.3, -0.25) is 19.2 Å². The number of carbonyl (C=O) groups excluding carboxylic acids is 4. The van der Waals surface area contributed by atoms with Gasteiger partial charge >= 0.3 is 5.97 Å². The molecule has 0 aliphatic carbocycles. The maximum Gasteiger partial charge on any atom is 0.364 e. The number of ether oxygens (including phenoxy) is 16. The molecule has 16 unspecified atom stereocenters. The van der Waals surface area contributed by atoms with Crippen molar-refractivity contribution in [2.75, 3.05) is 52.9 Å². The zero-order valence-corrected chi connectivity index (χ0v) is 84.7. The van der Waals surface area contributed by atoms with Gasteiger partial charge in [-0.05, 0) is 26.2 Å². The third-order valence-electron chi connectivity index (χ3n) is 28.3. The van der Waals surface area contributed by atoms with Gasteiger partial charge in [0.05, 0.1) is 83.3 Å². The second-order valence-electron chi connectivity index (χ2n) is 39.8. The number of amides is 4. The van der Waals surface area contributed by atoms with Crippen molar-refractivity contribution in [2.45, 2.75) is 517 Å². The average Bonchev–Trinajstić information content (AvgIpc) is 0.753. The van der Waals surface area contributed by atoms with E-state index < -0.39 is 346 Å². The highest BCUT2D eigenvalue weighted by Gasteiger charge is 2.64. The van der Waals surface area contributed by atoms with Crippen molar-refractivity contribution in [1.29, 1.82) is 0 Å². The summed E-state index contributed by atoms with van der Waals surface area (Å²) in [7, 11) is 0. The van der Waals surface area contributed by atoms with Crippen molar-refractivity contribution in [3.63, 3.8) is 0 Å². The Morgan fingerprint density at radius 1 is 0.370 bits per heavy atom. The topological polar surface area (TPSA) is 767 Å². The highest BCUT2D eigenvalue weighted by atomic mass is 16.8. The van der Waals surface area contributed by atoms with E-state index >= 15 is 0 Å². The first-order valence-corrected chi connectivity index (χ1v) is 52.5. The summed E-state index contributed by atoms with van der Waals surface area (Å²) in [5.74, 6) is -8.63. The molecule has 49 nitrogen and oxygen atoms in total. The van der Waals surface area contributed by atoms with Gasteiger partial charge in [0.25, 0.3) is 5.79 Å². The molecular formula is C97H172N4O45. The molecule has 8 rings (SSSR count). The van der Waals surface area contributed by atoms with E-state index in [2.05, 4.69) is 35.1 Å². The molecule has 0 aromatic heterocycles. The number of carbonyl (C=O) groups is 5. The number of unbranched alkanes of at least 4 members (excludes halogenated alkanes) is 29. The van der Waals surface area contributed by atoms with Crippen LogP contribution in [0.5, 0.6) is 0 Å². The van der Waals surface area contributed by atoms with E-state index in [1.165, 1.54) is 129 Å². The molecule has 8 heterocycles. The van der Waals surface area contributed by atoms with Gasteiger partial charge in [0.15, 0.2) is 44.0 Å². The summed E-state index contributed by atoms with van der Waals surface area (Å²) in [5.41, 5.74) is 0. The van der Waals surface area contributed by atoms with E-state index in [0.717, 1.165) is 85.0 Å². The first-order valence-electron chi connectivity index (χ1n) is 52.5. The fourth-order valence-electron chi connectivity index (χ4n) is 19.8. The second-order valence-corrected chi connectivity index (χ2v) is 39.8. The minimum atomic E-state index is -3.28. The van der Waals surface area contributed by atoms with E-state index in [4.69, 9.17) is 75.8 Å². The van der Waals surface area contributed by atoms with Crippen LogP contribution >= 0.6 is 0 Å². The highest BCUT2D eigenvalue weighted by molar-refractivity contribution is 5.77. The summed E-state index contributed by atoms with van der Waals surface area (Å²) in [6.45, 7) is -0.189. The fourth-order valence-corrected chi connectivity index (χ4v) is 19.8. The second kappa shape index (κ2) is 64.8. The van der Waals surface area contributed by atoms with Crippen LogP contribution in [0.15, 0.2) is 12.2 Å². The number of carboxylic acids is 1. The number of allylic oxidation sites excluding steroid dienone is 1. The van der Waals surface area contributed by atoms with Crippen molar-refractivity contribution in [3.8, 4) is 0 Å². The van der Waals surface area contributed by atoms with Gasteiger partial charge in [-0.15, -0.1) is 0 Å². The van der Waals surface area contributed by atoms with Crippen LogP contribution in [0.2, 0.25) is 0 Å². The minimum absolute atomic E-state index is 0.131. The Kier molecular flexibility index (Phi) is 56.2. The zero-order valence-electron chi connectivity index (χ0n) is 84.7. The molecule has 8 saturated heterocycles. The Morgan fingerprint density at radius 2 is 0.726 bits per heavy atom. The molecule has 0 bridgehead atoms. The number of aliphatic hydroxyl groups excluding tert-OH is 23. The molecule has 0 spiro atoms. The van der Waals surface area contributed by atoms with Crippen LogP contribution in [-0.2, 0) is 99.8 Å². The van der Waals surface area contributed by atoms with Gasteiger partial charge in [-0.25, -0.2) is 4.79 Å². The lowest BCUT2D eigenvalue weighted by atomic mass is 9.88. The SMILES string of the molecule is CCCCCCCCCCCCC/C=C/[C@@H](O)[C@H](CO[C@@H]1OC(CO)[C@@H](O[C@@H]2OC(CO)[C@H](O)[C@H](O[C@@H]3OC(CO)[C@@H](O[C@@H]4OC(CO)[C@H](O)[C@H](O[C@@H]5OC(CO)[C@@H](O[C@@H]6OC(CO)[C@H](O)[C@H](O[C@]7(C(=O)O)CC(O)[C@@H](NC(C)=O)C([C@H](O)[C@H](O)CO)O7)C6O)[C@H](O)C5NC(C)=O)C4O)[C@H](O[C@H]4OC(C)[C@@H](O)C(O)[C@@H]4O)C3NC(C)=O)C2O)[C@H](O)C1O)NC(=O)CCCCCCCCCCCCCCCCCCCCC. The van der Waals surface area contributed by atoms with Crippen LogP contribution < -0.4 is 21.3 Å². The number of hydrogen-bond donors (Lipinski definition) is 28. The molecule has 8 aliphatic heterocycles. The number of carboxylic acid groups (broad SMARTS) is 1. The molecule has 4 amide bonds. The van der Waals surface area contributed by atoms with Gasteiger partial charge in [-0.1, -0.05) is 206 Å². The number of aliphatic carboxylic acids is 1. The van der Waals surface area contributed by atoms with Gasteiger partial charge in [0, 0.05) is 33.6 Å². The molecule has 0 aromatic rings. The van der Waals surface area contributed by atoms with E-state index in [1.807, 2.05) is 6.08 Å². The van der Waals surface area contributed by atoms with E-state index in [1.54, 1.807) is 6.08 Å². The standard InChI is InChI=1S/C97H172N4O45/c1-7-9-11-13-15-17-19-21-22-23-24-25-26-28-30-32-34-36-38-40-64(115)101-54(55(112)39-37-35-33-31-29-27-20-18-16-14-12-10-8-2)49-131-91-77(125)75(123)82(62(47-107)138-91)140-93-78(126)87(71(119)58(43-103)133-93)144-90-67(100-53(6)111)85(142-92-76(124)74(122)68(116)50(3)132-92)83(63(48-108)137-90)141-94-79(127)86(70(118)59(44-104)134-94)143-89-66(99-52(5)110)73(121)81(61(46-106)136-89)139-95-80(128)88(72(120)60(45-105)135-95)146-97(96(129)130)41-56(113)65(98-51(4)109)84(145-97)69(117)57(114)42-102/h37,39,50,54-63,65-95,102-108,112-114,116-128H,7-36,38,40-49H2,1-6H3,(H,98,109)(H,99,110)(H,100,111)(H,101,115)(H,129,130)/b39-37+/t50?,54-,55+,56?,57+,58?,59?,60?,61?,62?,63?,65+,66?,67?,68+,69+,70-,71-,72-,73+,74?,75+,76-,77?,78?,79?,80?,81+,82+,83+,84?,85+,86-,87-,88-,89-,90-,91+,92+,93-,94-,95-,97-/m0/s1. The first kappa shape index (κ1) is 127. The Balaban J connectivity index is 0.972. The van der Waals surface area contributed by atoms with Crippen molar-refractivity contribution in [1.82, 2.24) is 21.3 Å². The van der Waals surface area contributed by atoms with Crippen LogP contribution in [-0.4, -0.2) is 468 Å². The molecule has 8 aliphatic rings. The summed E-state index contributed by atoms with van der Waals surface area (Å²) >= 11 is 0. The molecular weight excluding hydrogens is 1940 g/mol. The number of rotatable bonds is 65. The maximum absolute atomic E-state index is 13.7. The monoisotopic (exact) mass is 2110 g/mol. The summed E-state index contributed by atoms with van der Waals surface area (Å²) in [5, 5.41) is 283. The third-order valence-corrected chi connectivity index (χ3v) is 28.3. The molecule has 8 fully saturated rings. The highest BCUT2D eigenvalue weighted by Crippen LogP contribution is 2.43. The van der Waals surface area contributed by atoms with Gasteiger partial charge in [-0.2, -0.15) is 0 Å². The normalized spacial score (nSPS) is 38.1. The predicted molar refractivity (Wildman–Crippen MR) is 505 cm³/mol. The van der Waals surface area contributed by atoms with Crippen LogP contribution in [0, 0.1) is 0 Å². The van der Waals surface area contributed by atoms with Crippen LogP contribution in [0.25, 0.3) is 0 Å². The van der Waals surface area contributed by atoms with Crippen LogP contribution in [0.3, 0.4) is 0 Å². The van der Waals surface area contributed by atoms with Gasteiger partial charge < -0.3 is 220 Å². The van der Waals surface area contributed by atoms with Gasteiger partial charge in [0.1, 0.15) is 183 Å². The Labute approximate surface area is 851 Å². The van der Waals surface area contributed by atoms with Crippen molar-refractivity contribution >= 4 is 29.6 Å². The van der Waals surface area contributed by atoms with E-state index in [0.29, 0.717) is 12.8 Å². The van der Waals surface area contributed by atoms with Crippen LogP contribution in [0.4, 0.5) is 0 Å². The quantitative estimate of drug-likeness (QED) is 0.0201. The summed E-state index contributed by atoms with van der Waals surface area (Å²) in [6.07, 6.45) is -42.0. The summed E-state index contributed by atoms with van der Waals surface area (Å²) < 4.78 is 96.7. The average molecular weight is 2110 g/mol. The van der Waals surface area contributed by atoms with Gasteiger partial charge in [0.2, 0.25) is 23.6 Å². The number of aliphatic hydroxyl groups is 23. The number of hydrogen-bond acceptors (Lipinski definition) is 44. The molecule has 0 aromatic carbocycles. The summed E-state index contributed by atoms with van der Waals surface area (Å²) in [6, 6.07) is -6.92. The van der Waals surface area contributed by atoms with E-state index in [-0.39, 0.29) is 12.3 Å². The van der Waals surface area contributed by atoms with Crippen molar-refractivity contribution in [3.05, 3.63) is 12.2 Å². The third kappa shape index (κ3) is 36.3. The predicted octanol–water partition coefficient (Wildman–Crippen LogP) is -4.84. The lowest BCUT2D eigenvalue weighted by Gasteiger charge is -2.52. The molecule has 49 heteroatoms. The smallest absolute Gasteiger partial charge is 0.364 e. The zero-order chi connectivity index (χ0) is 107. The molecule has 43 atom stereocenters. The summed E-state index contributed by atoms with van der Waals surface area (Å²) in [4.78, 5) is 66.2. The fraction of sp³-hybridized carbons (Fsp3) is 0.928. The number of nitrogens with one attached hydrogen (secondary N) is 4. The Hall–Kier alpha value is -4.47. The van der Waals surface area contributed by atoms with Crippen LogP contribution in [0.1, 0.15) is 253 Å². The minimum Gasteiger partial charge on any atom is -0.477 e. The van der Waals surface area contributed by atoms with E-state index in [9.17, 15) is 147 Å². The Bertz CT molecular complexity index is 3700. The molecule has 0 radical (unpaired) electrons. The Morgan fingerprint density at radius 3 is 1.16 bits per heavy atom. The largest absolute Gasteiger partial charge is 0.477 e. The van der Waals surface area contributed by atoms with Crippen molar-refractivity contribution < 1.29 is 222 Å². The molecule has 146 heavy (non-hydrogen) atoms.